The van der Waals surface area contributed by atoms with E-state index in [4.69, 9.17) is 15.1 Å². The van der Waals surface area contributed by atoms with Gasteiger partial charge in [0, 0.05) is 20.1 Å². The van der Waals surface area contributed by atoms with E-state index in [-0.39, 0.29) is 0 Å². The fourth-order valence-electron chi connectivity index (χ4n) is 0.118. The van der Waals surface area contributed by atoms with E-state index in [1.54, 1.807) is 0 Å². The summed E-state index contributed by atoms with van der Waals surface area (Å²) < 4.78 is 78.3. The Balaban J connectivity index is 6.04. The highest BCUT2D eigenvalue weighted by Gasteiger charge is 1.97. The first-order valence-corrected chi connectivity index (χ1v) is 1.70. The molecule has 0 radical (unpaired) electrons. The molecule has 0 amide bonds. The third-order valence-corrected chi connectivity index (χ3v) is 0.299. The van der Waals surface area contributed by atoms with E-state index in [1.807, 2.05) is 0 Å². The Morgan fingerprint density at radius 3 is 3.75 bits per heavy atom. The van der Waals surface area contributed by atoms with Gasteiger partial charge < -0.3 is 5.11 Å². The zero-order chi connectivity index (χ0) is 15.9. The largest absolute Gasteiger partial charge is 0.481 e. The van der Waals surface area contributed by atoms with Gasteiger partial charge in [0.1, 0.15) is 0 Å². The minimum absolute atomic E-state index is 2.04. The Labute approximate surface area is 65.1 Å². The summed E-state index contributed by atoms with van der Waals surface area (Å²) in [6.07, 6.45) is -7.43. The van der Waals surface area contributed by atoms with Gasteiger partial charge in [-0.05, 0) is 12.3 Å². The highest BCUT2D eigenvalue weighted by atomic mass is 16.4. The fourth-order valence-corrected chi connectivity index (χ4v) is 0.118. The molecule has 0 fully saturated rings. The molecule has 0 aromatic rings. The summed E-state index contributed by atoms with van der Waals surface area (Å²) in [4.78, 5) is 11.1. The van der Waals surface area contributed by atoms with Crippen molar-refractivity contribution in [2.75, 3.05) is 0 Å². The zero-order valence-corrected chi connectivity index (χ0v) is 3.89. The summed E-state index contributed by atoms with van der Waals surface area (Å²) in [5, 5.41) is 3.30. The molecule has 2 heteroatoms. The molecule has 0 spiro atoms. The molecule has 2 nitrogen and oxygen atoms in total. The Hall–Kier alpha value is -0.530. The maximum Gasteiger partial charge on any atom is 0.303 e. The van der Waals surface area contributed by atoms with Gasteiger partial charge in [0.2, 0.25) is 0 Å². The van der Waals surface area contributed by atoms with Gasteiger partial charge >= 0.3 is 5.97 Å². The van der Waals surface area contributed by atoms with Crippen LogP contribution in [0.25, 0.3) is 1.43 Å². The number of rotatable bonds is 3. The number of carbonyl (C=O) groups is 1. The Morgan fingerprint density at radius 1 is 2.38 bits per heavy atom. The first-order chi connectivity index (χ1) is 8.17. The lowest BCUT2D eigenvalue weighted by molar-refractivity contribution is -0.137. The van der Waals surface area contributed by atoms with Gasteiger partial charge in [0.15, 0.2) is 0 Å². The first kappa shape index (κ1) is 1.02. The number of aliphatic carboxylic acids is 1. The molecule has 0 saturated heterocycles. The van der Waals surface area contributed by atoms with Crippen LogP contribution < -0.4 is 0 Å². The zero-order valence-electron chi connectivity index (χ0n) is 14.9. The summed E-state index contributed by atoms with van der Waals surface area (Å²) >= 11 is 0. The van der Waals surface area contributed by atoms with Crippen molar-refractivity contribution in [3.8, 4) is 0 Å². The summed E-state index contributed by atoms with van der Waals surface area (Å²) in [5.74, 6) is -5.59. The third-order valence-electron chi connectivity index (χ3n) is 0.299. The van der Waals surface area contributed by atoms with Crippen molar-refractivity contribution >= 4 is 5.97 Å². The van der Waals surface area contributed by atoms with E-state index in [1.165, 1.54) is 0 Å². The molecule has 1 N–H and O–H groups in total. The van der Waals surface area contributed by atoms with Crippen molar-refractivity contribution in [3.05, 3.63) is 0 Å². The topological polar surface area (TPSA) is 37.3 Å². The summed E-state index contributed by atoms with van der Waals surface area (Å²) in [7, 11) is 0. The predicted octanol–water partition coefficient (Wildman–Crippen LogP) is 1.51. The van der Waals surface area contributed by atoms with Crippen LogP contribution in [-0.4, -0.2) is 11.1 Å². The van der Waals surface area contributed by atoms with Crippen LogP contribution in [0, 0.1) is 5.89 Å². The molecule has 8 heavy (non-hydrogen) atoms. The molecule has 0 aliphatic heterocycles. The average Bonchev–Trinajstić information content (AvgIpc) is 2.24. The SMILES string of the molecule is [2H]OC(=O)C([2H])([2H])C([2H])([2H])C([2H])(C([2H])[2H])C([2H])([2H])[2H]. The van der Waals surface area contributed by atoms with Crippen LogP contribution in [-0.2, 0) is 4.79 Å². The van der Waals surface area contributed by atoms with Crippen molar-refractivity contribution in [1.82, 2.24) is 0 Å². The molecule has 0 aromatic carbocycles. The normalized spacial score (nSPS) is 42.4. The van der Waals surface area contributed by atoms with Crippen LogP contribution in [0.3, 0.4) is 0 Å². The maximum absolute atomic E-state index is 11.1. The fraction of sp³-hybridized carbons (Fsp3) is 0.833. The van der Waals surface area contributed by atoms with Crippen LogP contribution >= 0.6 is 0 Å². The van der Waals surface area contributed by atoms with E-state index in [9.17, 15) is 4.79 Å². The number of carboxylic acids is 1. The number of hydrogen-bond acceptors (Lipinski definition) is 2. The van der Waals surface area contributed by atoms with Crippen molar-refractivity contribution in [3.63, 3.8) is 0 Å². The Kier molecular flexibility index (Phi) is 0.444. The molecular weight excluding hydrogens is 104 g/mol. The van der Waals surface area contributed by atoms with Crippen LogP contribution in [0.1, 0.15) is 40.2 Å². The molecule has 48 valence electrons. The van der Waals surface area contributed by atoms with Crippen LogP contribution in [0.2, 0.25) is 0 Å². The molecule has 1 atom stereocenters. The molecule has 0 aliphatic rings. The molecule has 0 aliphatic carbocycles. The van der Waals surface area contributed by atoms with Gasteiger partial charge in [-0.25, -0.2) is 0 Å². The van der Waals surface area contributed by atoms with Gasteiger partial charge in [-0.3, -0.25) is 4.79 Å². The quantitative estimate of drug-likeness (QED) is 0.624. The lowest BCUT2D eigenvalue weighted by atomic mass is 10.1. The lowest BCUT2D eigenvalue weighted by Gasteiger charge is -1.97. The minimum Gasteiger partial charge on any atom is -0.481 e. The van der Waals surface area contributed by atoms with Crippen molar-refractivity contribution in [2.24, 2.45) is 5.89 Å². The highest BCUT2D eigenvalue weighted by molar-refractivity contribution is 5.66. The van der Waals surface area contributed by atoms with Gasteiger partial charge in [-0.1, -0.05) is 13.7 Å². The number of carboxylic acid groups (broad SMARTS) is 1. The second-order valence-corrected chi connectivity index (χ2v) is 0.951. The average molecular weight is 127 g/mol. The van der Waals surface area contributed by atoms with Gasteiger partial charge in [-0.15, -0.1) is 0 Å². The molecule has 0 rings (SSSR count). The third kappa shape index (κ3) is 5.47. The van der Waals surface area contributed by atoms with Crippen molar-refractivity contribution < 1.29 is 23.6 Å². The predicted molar refractivity (Wildman–Crippen MR) is 31.7 cm³/mol. The summed E-state index contributed by atoms with van der Waals surface area (Å²) in [6.45, 7) is -6.15. The monoisotopic (exact) mass is 127 g/mol. The molecule has 0 aromatic heterocycles. The Morgan fingerprint density at radius 2 is 3.25 bits per heavy atom. The minimum atomic E-state index is -3.75. The first-order valence-electron chi connectivity index (χ1n) is 7.26. The lowest BCUT2D eigenvalue weighted by Crippen LogP contribution is -1.97. The molecule has 0 bridgehead atoms. The van der Waals surface area contributed by atoms with E-state index < -0.39 is 38.3 Å². The van der Waals surface area contributed by atoms with Gasteiger partial charge in [0.05, 0.1) is 0 Å². The molecule has 1 unspecified atom stereocenters. The standard InChI is InChI=1S/C6H12O2/c1-5(2)3-4-6(7)8/h5H,3-4H2,1-2H3,(H,7,8)/i1D2,2D3,3D2,4D2,5D/hD. The van der Waals surface area contributed by atoms with Gasteiger partial charge in [-0.2, -0.15) is 0 Å². The second-order valence-electron chi connectivity index (χ2n) is 0.951. The highest BCUT2D eigenvalue weighted by Crippen LogP contribution is 2.01. The smallest absolute Gasteiger partial charge is 0.303 e. The summed E-state index contributed by atoms with van der Waals surface area (Å²) in [6, 6.07) is 0. The molecular formula is C6H12O2. The van der Waals surface area contributed by atoms with E-state index in [0.717, 1.165) is 0 Å². The van der Waals surface area contributed by atoms with E-state index in [0.29, 0.717) is 0 Å². The molecule has 0 heterocycles. The second kappa shape index (κ2) is 3.47. The molecule has 0 saturated carbocycles. The number of hydrogen-bond donors (Lipinski definition) is 1. The van der Waals surface area contributed by atoms with Crippen LogP contribution in [0.5, 0.6) is 0 Å². The maximum atomic E-state index is 11.1. The van der Waals surface area contributed by atoms with Crippen molar-refractivity contribution in [2.45, 2.75) is 26.5 Å². The van der Waals surface area contributed by atoms with Gasteiger partial charge in [0.25, 0.3) is 1.43 Å². The van der Waals surface area contributed by atoms with Crippen LogP contribution in [0.4, 0.5) is 0 Å². The summed E-state index contributed by atoms with van der Waals surface area (Å²) in [5.41, 5.74) is 0. The van der Waals surface area contributed by atoms with E-state index in [2.05, 4.69) is 5.11 Å². The van der Waals surface area contributed by atoms with Crippen LogP contribution in [0.15, 0.2) is 0 Å². The Bertz CT molecular complexity index is 348. The van der Waals surface area contributed by atoms with E-state index >= 15 is 0 Å². The van der Waals surface area contributed by atoms with Crippen molar-refractivity contribution in [1.29, 1.82) is 1.43 Å².